The molecule has 3 aromatic heterocycles. The Morgan fingerprint density at radius 1 is 1.37 bits per heavy atom. The molecule has 8 heteroatoms. The zero-order valence-electron chi connectivity index (χ0n) is 15.6. The molecule has 0 amide bonds. The molecule has 2 fully saturated rings. The molecule has 0 aromatic carbocycles. The molecule has 2 aliphatic heterocycles. The number of aromatic amines is 1. The molecule has 0 aliphatic carbocycles. The van der Waals surface area contributed by atoms with Gasteiger partial charge in [0.25, 0.3) is 0 Å². The van der Waals surface area contributed by atoms with Crippen molar-refractivity contribution in [1.82, 2.24) is 29.5 Å². The normalized spacial score (nSPS) is 25.2. The molecular weight excluding hydrogens is 342 g/mol. The third kappa shape index (κ3) is 2.50. The lowest BCUT2D eigenvalue weighted by atomic mass is 9.91. The van der Waals surface area contributed by atoms with Gasteiger partial charge in [0.15, 0.2) is 11.3 Å². The summed E-state index contributed by atoms with van der Waals surface area (Å²) in [7, 11) is 0. The molecule has 2 aliphatic rings. The highest BCUT2D eigenvalue weighted by molar-refractivity contribution is 5.74. The molecule has 2 saturated heterocycles. The molecule has 2 atom stereocenters. The van der Waals surface area contributed by atoms with Crippen LogP contribution in [0.5, 0.6) is 0 Å². The van der Waals surface area contributed by atoms with Crippen LogP contribution in [0.15, 0.2) is 23.5 Å². The van der Waals surface area contributed by atoms with Gasteiger partial charge in [0.05, 0.1) is 30.5 Å². The molecule has 1 unspecified atom stereocenters. The van der Waals surface area contributed by atoms with Gasteiger partial charge in [-0.25, -0.2) is 4.98 Å². The Balaban J connectivity index is 1.52. The molecule has 1 N–H and O–H groups in total. The van der Waals surface area contributed by atoms with E-state index in [9.17, 15) is 0 Å². The van der Waals surface area contributed by atoms with Crippen LogP contribution in [0.25, 0.3) is 16.8 Å². The van der Waals surface area contributed by atoms with Crippen molar-refractivity contribution >= 4 is 23.5 Å². The molecule has 27 heavy (non-hydrogen) atoms. The summed E-state index contributed by atoms with van der Waals surface area (Å²) in [6.45, 7) is 10.3. The number of likely N-dealkylation sites (tertiary alicyclic amines) is 1. The number of aliphatic imine (C=N–C) groups is 1. The summed E-state index contributed by atoms with van der Waals surface area (Å²) in [5.74, 6) is 1.94. The lowest BCUT2D eigenvalue weighted by molar-refractivity contribution is -0.137. The topological polar surface area (TPSA) is 83.7 Å². The van der Waals surface area contributed by atoms with Crippen LogP contribution in [-0.2, 0) is 4.74 Å². The zero-order valence-corrected chi connectivity index (χ0v) is 15.6. The summed E-state index contributed by atoms with van der Waals surface area (Å²) in [6.07, 6.45) is 5.84. The van der Waals surface area contributed by atoms with Crippen LogP contribution >= 0.6 is 0 Å². The second kappa shape index (κ2) is 6.38. The van der Waals surface area contributed by atoms with E-state index in [2.05, 4.69) is 48.1 Å². The highest BCUT2D eigenvalue weighted by Gasteiger charge is 2.49. The number of ether oxygens (including phenoxy) is 1. The zero-order chi connectivity index (χ0) is 18.4. The van der Waals surface area contributed by atoms with Crippen LogP contribution in [0.4, 0.5) is 0 Å². The Morgan fingerprint density at radius 2 is 2.26 bits per heavy atom. The van der Waals surface area contributed by atoms with Crippen molar-refractivity contribution in [3.05, 3.63) is 24.3 Å². The van der Waals surface area contributed by atoms with Crippen LogP contribution in [0.2, 0.25) is 0 Å². The Hall–Kier alpha value is -2.32. The first-order valence-corrected chi connectivity index (χ1v) is 9.68. The highest BCUT2D eigenvalue weighted by Crippen LogP contribution is 2.41. The van der Waals surface area contributed by atoms with E-state index in [1.807, 2.05) is 12.3 Å². The minimum absolute atomic E-state index is 0.106. The van der Waals surface area contributed by atoms with E-state index in [0.29, 0.717) is 11.8 Å². The summed E-state index contributed by atoms with van der Waals surface area (Å²) in [4.78, 5) is 14.3. The number of hydrogen-bond acceptors (Lipinski definition) is 6. The Morgan fingerprint density at radius 3 is 3.00 bits per heavy atom. The monoisotopic (exact) mass is 367 g/mol. The number of nitrogens with one attached hydrogen (secondary N) is 1. The molecule has 142 valence electrons. The number of rotatable bonds is 6. The first kappa shape index (κ1) is 16.8. The quantitative estimate of drug-likeness (QED) is 0.673. The maximum atomic E-state index is 5.61. The maximum absolute atomic E-state index is 5.61. The average Bonchev–Trinajstić information content (AvgIpc) is 3.37. The fourth-order valence-corrected chi connectivity index (χ4v) is 4.71. The summed E-state index contributed by atoms with van der Waals surface area (Å²) < 4.78 is 7.78. The average molecular weight is 367 g/mol. The van der Waals surface area contributed by atoms with Gasteiger partial charge in [-0.3, -0.25) is 9.30 Å². The van der Waals surface area contributed by atoms with Gasteiger partial charge in [-0.2, -0.15) is 0 Å². The van der Waals surface area contributed by atoms with Crippen LogP contribution in [0.1, 0.15) is 31.5 Å². The van der Waals surface area contributed by atoms with Crippen LogP contribution in [-0.4, -0.2) is 74.6 Å². The van der Waals surface area contributed by atoms with Gasteiger partial charge in [-0.05, 0) is 25.1 Å². The van der Waals surface area contributed by atoms with Gasteiger partial charge < -0.3 is 14.7 Å². The summed E-state index contributed by atoms with van der Waals surface area (Å²) in [5, 5.41) is 9.00. The Kier molecular flexibility index (Phi) is 3.98. The van der Waals surface area contributed by atoms with Gasteiger partial charge in [-0.1, -0.05) is 13.3 Å². The molecule has 0 radical (unpaired) electrons. The van der Waals surface area contributed by atoms with E-state index in [4.69, 9.17) is 4.74 Å². The van der Waals surface area contributed by atoms with Crippen molar-refractivity contribution in [3.63, 3.8) is 0 Å². The molecule has 0 bridgehead atoms. The van der Waals surface area contributed by atoms with E-state index in [-0.39, 0.29) is 5.54 Å². The van der Waals surface area contributed by atoms with Gasteiger partial charge in [0, 0.05) is 31.7 Å². The molecule has 8 nitrogen and oxygen atoms in total. The number of fused-ring (bicyclic) bond motifs is 3. The van der Waals surface area contributed by atoms with Crippen LogP contribution in [0.3, 0.4) is 0 Å². The Labute approximate surface area is 157 Å². The maximum Gasteiger partial charge on any atom is 0.179 e. The van der Waals surface area contributed by atoms with Crippen molar-refractivity contribution < 1.29 is 4.74 Å². The standard InChI is InChI=1S/C19H25N7O/c1-3-13-9-25(19(5-7-20-2)11-27-12-19)10-14(13)18-24-23-16-8-22-17-15(26(16)18)4-6-21-17/h4,6,8,13-14,21H,2-3,5,7,9-12H2,1H3/t13-,14?/m0/s1. The summed E-state index contributed by atoms with van der Waals surface area (Å²) in [6, 6.07) is 2.05. The first-order valence-electron chi connectivity index (χ1n) is 9.68. The van der Waals surface area contributed by atoms with E-state index in [1.54, 1.807) is 6.20 Å². The van der Waals surface area contributed by atoms with E-state index >= 15 is 0 Å². The predicted molar refractivity (Wildman–Crippen MR) is 103 cm³/mol. The first-order chi connectivity index (χ1) is 13.3. The Bertz CT molecular complexity index is 973. The fourth-order valence-electron chi connectivity index (χ4n) is 4.71. The molecular formula is C19H25N7O. The van der Waals surface area contributed by atoms with Gasteiger partial charge >= 0.3 is 0 Å². The van der Waals surface area contributed by atoms with Crippen molar-refractivity contribution in [3.8, 4) is 0 Å². The third-order valence-corrected chi connectivity index (χ3v) is 6.41. The SMILES string of the molecule is C=NCCC1(N2CC(c3nnc4cnc5[nH]ccc5n34)[C@@H](CC)C2)COC1. The van der Waals surface area contributed by atoms with E-state index in [1.165, 1.54) is 0 Å². The lowest BCUT2D eigenvalue weighted by Gasteiger charge is -2.48. The minimum Gasteiger partial charge on any atom is -0.377 e. The van der Waals surface area contributed by atoms with Crippen molar-refractivity contribution in [2.24, 2.45) is 10.9 Å². The number of aromatic nitrogens is 5. The number of hydrogen-bond donors (Lipinski definition) is 1. The summed E-state index contributed by atoms with van der Waals surface area (Å²) in [5.41, 5.74) is 2.82. The predicted octanol–water partition coefficient (Wildman–Crippen LogP) is 1.89. The summed E-state index contributed by atoms with van der Waals surface area (Å²) >= 11 is 0. The second-order valence-electron chi connectivity index (χ2n) is 7.82. The highest BCUT2D eigenvalue weighted by atomic mass is 16.5. The number of H-pyrrole nitrogens is 1. The van der Waals surface area contributed by atoms with Crippen LogP contribution < -0.4 is 0 Å². The van der Waals surface area contributed by atoms with Crippen molar-refractivity contribution in [1.29, 1.82) is 0 Å². The molecule has 5 rings (SSSR count). The minimum atomic E-state index is 0.106. The molecule has 0 spiro atoms. The fraction of sp³-hybridized carbons (Fsp3) is 0.579. The molecule has 0 saturated carbocycles. The lowest BCUT2D eigenvalue weighted by Crippen LogP contribution is -2.62. The van der Waals surface area contributed by atoms with Crippen molar-refractivity contribution in [2.45, 2.75) is 31.2 Å². The van der Waals surface area contributed by atoms with Crippen LogP contribution in [0, 0.1) is 5.92 Å². The van der Waals surface area contributed by atoms with Gasteiger partial charge in [-0.15, -0.1) is 10.2 Å². The third-order valence-electron chi connectivity index (χ3n) is 6.41. The second-order valence-corrected chi connectivity index (χ2v) is 7.82. The van der Waals surface area contributed by atoms with Gasteiger partial charge in [0.2, 0.25) is 0 Å². The van der Waals surface area contributed by atoms with E-state index in [0.717, 1.165) is 68.3 Å². The van der Waals surface area contributed by atoms with E-state index < -0.39 is 0 Å². The molecule has 3 aromatic rings. The molecule has 5 heterocycles. The van der Waals surface area contributed by atoms with Crippen molar-refractivity contribution in [2.75, 3.05) is 32.8 Å². The number of nitrogens with zero attached hydrogens (tertiary/aromatic N) is 6. The smallest absolute Gasteiger partial charge is 0.179 e. The largest absolute Gasteiger partial charge is 0.377 e. The van der Waals surface area contributed by atoms with Gasteiger partial charge in [0.1, 0.15) is 5.82 Å².